The number of aromatic amines is 1. The summed E-state index contributed by atoms with van der Waals surface area (Å²) in [5.74, 6) is -4.01. The molecule has 0 saturated heterocycles. The van der Waals surface area contributed by atoms with Gasteiger partial charge in [0.25, 0.3) is 0 Å². The number of amides is 4. The van der Waals surface area contributed by atoms with Crippen LogP contribution in [0.2, 0.25) is 0 Å². The van der Waals surface area contributed by atoms with Gasteiger partial charge in [-0.2, -0.15) is 0 Å². The van der Waals surface area contributed by atoms with Crippen LogP contribution < -0.4 is 27.4 Å². The van der Waals surface area contributed by atoms with Gasteiger partial charge in [-0.15, -0.1) is 0 Å². The Hall–Kier alpha value is -4.91. The van der Waals surface area contributed by atoms with Crippen molar-refractivity contribution in [2.24, 2.45) is 11.5 Å². The number of carbonyl (C=O) groups is 5. The lowest BCUT2D eigenvalue weighted by atomic mass is 10.0. The Morgan fingerprint density at radius 1 is 0.878 bits per heavy atom. The van der Waals surface area contributed by atoms with E-state index >= 15 is 0 Å². The first-order chi connectivity index (χ1) is 19.4. The molecule has 0 saturated carbocycles. The second kappa shape index (κ2) is 13.9. The smallest absolute Gasteiger partial charge is 0.326 e. The molecule has 1 aromatic heterocycles. The van der Waals surface area contributed by atoms with E-state index in [1.807, 2.05) is 24.3 Å². The number of carboxylic acid groups (broad SMARTS) is 1. The maximum atomic E-state index is 13.4. The quantitative estimate of drug-likeness (QED) is 0.130. The number of phenols is 1. The number of carboxylic acids is 1. The number of primary amides is 1. The third kappa shape index (κ3) is 8.80. The molecule has 13 nitrogen and oxygen atoms in total. The monoisotopic (exact) mass is 566 g/mol. The lowest BCUT2D eigenvalue weighted by molar-refractivity contribution is -0.142. The molecule has 1 heterocycles. The van der Waals surface area contributed by atoms with Crippen molar-refractivity contribution < 1.29 is 34.2 Å². The molecular formula is C28H34N6O7. The van der Waals surface area contributed by atoms with Crippen LogP contribution in [-0.4, -0.2) is 69.0 Å². The fourth-order valence-corrected chi connectivity index (χ4v) is 4.18. The highest BCUT2D eigenvalue weighted by atomic mass is 16.4. The van der Waals surface area contributed by atoms with E-state index in [0.717, 1.165) is 10.9 Å². The third-order valence-electron chi connectivity index (χ3n) is 6.51. The van der Waals surface area contributed by atoms with E-state index in [4.69, 9.17) is 11.5 Å². The number of benzene rings is 2. The standard InChI is InChI=1S/C28H34N6O7/c1-15(32-26(38)20(29)10-11-24(30)36)25(37)33-22(13-17-14-31-21-5-3-2-4-19(17)21)27(39)34-23(28(40)41)12-16-6-8-18(35)9-7-16/h2-9,14-15,20,22-23,31,35H,10-13,29H2,1H3,(H2,30,36)(H,32,38)(H,33,37)(H,34,39)(H,40,41). The molecule has 4 atom stereocenters. The van der Waals surface area contributed by atoms with Gasteiger partial charge in [-0.05, 0) is 42.7 Å². The minimum atomic E-state index is -1.32. The van der Waals surface area contributed by atoms with Crippen LogP contribution in [0.15, 0.2) is 54.7 Å². The van der Waals surface area contributed by atoms with Crippen molar-refractivity contribution in [3.63, 3.8) is 0 Å². The summed E-state index contributed by atoms with van der Waals surface area (Å²) < 4.78 is 0. The number of carbonyl (C=O) groups excluding carboxylic acids is 4. The molecule has 0 aliphatic heterocycles. The van der Waals surface area contributed by atoms with Gasteiger partial charge in [0.1, 0.15) is 23.9 Å². The van der Waals surface area contributed by atoms with Crippen LogP contribution in [-0.2, 0) is 36.8 Å². The highest BCUT2D eigenvalue weighted by molar-refractivity contribution is 5.94. The Morgan fingerprint density at radius 3 is 2.20 bits per heavy atom. The first kappa shape index (κ1) is 30.6. The highest BCUT2D eigenvalue weighted by Crippen LogP contribution is 2.19. The van der Waals surface area contributed by atoms with E-state index in [1.165, 1.54) is 19.1 Å². The largest absolute Gasteiger partial charge is 0.508 e. The summed E-state index contributed by atoms with van der Waals surface area (Å²) in [5.41, 5.74) is 12.9. The summed E-state index contributed by atoms with van der Waals surface area (Å²) in [6, 6.07) is 8.56. The molecule has 3 rings (SSSR count). The molecule has 0 aliphatic rings. The number of aromatic hydroxyl groups is 1. The average Bonchev–Trinajstić information content (AvgIpc) is 3.34. The van der Waals surface area contributed by atoms with Gasteiger partial charge in [0.05, 0.1) is 6.04 Å². The van der Waals surface area contributed by atoms with Crippen LogP contribution in [0.3, 0.4) is 0 Å². The molecule has 13 heteroatoms. The van der Waals surface area contributed by atoms with Crippen LogP contribution >= 0.6 is 0 Å². The topological polar surface area (TPSA) is 230 Å². The number of rotatable bonds is 14. The van der Waals surface area contributed by atoms with Crippen LogP contribution in [0.1, 0.15) is 30.9 Å². The fraction of sp³-hybridized carbons (Fsp3) is 0.321. The van der Waals surface area contributed by atoms with Gasteiger partial charge in [0, 0.05) is 36.4 Å². The summed E-state index contributed by atoms with van der Waals surface area (Å²) in [7, 11) is 0. The number of hydrogen-bond donors (Lipinski definition) is 8. The summed E-state index contributed by atoms with van der Waals surface area (Å²) in [6.45, 7) is 1.40. The Labute approximate surface area is 235 Å². The van der Waals surface area contributed by atoms with Crippen LogP contribution in [0.4, 0.5) is 0 Å². The van der Waals surface area contributed by atoms with Crippen molar-refractivity contribution in [3.8, 4) is 5.75 Å². The Morgan fingerprint density at radius 2 is 1.54 bits per heavy atom. The number of H-pyrrole nitrogens is 1. The molecule has 0 radical (unpaired) electrons. The third-order valence-corrected chi connectivity index (χ3v) is 6.51. The molecule has 0 spiro atoms. The van der Waals surface area contributed by atoms with E-state index in [-0.39, 0.29) is 31.4 Å². The maximum Gasteiger partial charge on any atom is 0.326 e. The van der Waals surface area contributed by atoms with E-state index in [2.05, 4.69) is 20.9 Å². The van der Waals surface area contributed by atoms with Crippen LogP contribution in [0, 0.1) is 0 Å². The van der Waals surface area contributed by atoms with E-state index in [9.17, 15) is 34.2 Å². The molecule has 2 aromatic carbocycles. The van der Waals surface area contributed by atoms with Gasteiger partial charge in [0.15, 0.2) is 0 Å². The number of aliphatic carboxylic acids is 1. The SMILES string of the molecule is CC(NC(=O)C(N)CCC(N)=O)C(=O)NC(Cc1c[nH]c2ccccc12)C(=O)NC(Cc1ccc(O)cc1)C(=O)O. The maximum absolute atomic E-state index is 13.4. The number of nitrogens with two attached hydrogens (primary N) is 2. The van der Waals surface area contributed by atoms with Crippen molar-refractivity contribution in [2.45, 2.75) is 56.8 Å². The number of para-hydroxylation sites is 1. The van der Waals surface area contributed by atoms with Gasteiger partial charge in [-0.1, -0.05) is 30.3 Å². The van der Waals surface area contributed by atoms with E-state index in [0.29, 0.717) is 11.1 Å². The average molecular weight is 567 g/mol. The van der Waals surface area contributed by atoms with Crippen LogP contribution in [0.25, 0.3) is 10.9 Å². The summed E-state index contributed by atoms with van der Waals surface area (Å²) in [6.07, 6.45) is 1.55. The van der Waals surface area contributed by atoms with Gasteiger partial charge in [-0.3, -0.25) is 19.2 Å². The van der Waals surface area contributed by atoms with E-state index in [1.54, 1.807) is 18.3 Å². The fourth-order valence-electron chi connectivity index (χ4n) is 4.18. The van der Waals surface area contributed by atoms with Crippen molar-refractivity contribution in [3.05, 3.63) is 65.9 Å². The lowest BCUT2D eigenvalue weighted by Gasteiger charge is -2.24. The second-order valence-corrected chi connectivity index (χ2v) is 9.74. The minimum Gasteiger partial charge on any atom is -0.508 e. The predicted molar refractivity (Wildman–Crippen MR) is 149 cm³/mol. The molecule has 10 N–H and O–H groups in total. The van der Waals surface area contributed by atoms with Gasteiger partial charge in [0.2, 0.25) is 23.6 Å². The van der Waals surface area contributed by atoms with Gasteiger partial charge < -0.3 is 42.6 Å². The first-order valence-corrected chi connectivity index (χ1v) is 12.9. The Kier molecular flexibility index (Phi) is 10.4. The lowest BCUT2D eigenvalue weighted by Crippen LogP contribution is -2.57. The predicted octanol–water partition coefficient (Wildman–Crippen LogP) is -0.190. The van der Waals surface area contributed by atoms with Gasteiger partial charge in [-0.25, -0.2) is 4.79 Å². The Bertz CT molecular complexity index is 1400. The Balaban J connectivity index is 1.77. The zero-order valence-electron chi connectivity index (χ0n) is 22.4. The molecule has 4 unspecified atom stereocenters. The second-order valence-electron chi connectivity index (χ2n) is 9.74. The van der Waals surface area contributed by atoms with Crippen molar-refractivity contribution in [1.29, 1.82) is 0 Å². The summed E-state index contributed by atoms with van der Waals surface area (Å²) in [4.78, 5) is 64.9. The van der Waals surface area contributed by atoms with Gasteiger partial charge >= 0.3 is 5.97 Å². The molecule has 0 aliphatic carbocycles. The highest BCUT2D eigenvalue weighted by Gasteiger charge is 2.30. The number of aromatic nitrogens is 1. The molecule has 0 fully saturated rings. The molecule has 3 aromatic rings. The molecule has 0 bridgehead atoms. The van der Waals surface area contributed by atoms with E-state index < -0.39 is 53.8 Å². The first-order valence-electron chi connectivity index (χ1n) is 12.9. The number of nitrogens with one attached hydrogen (secondary N) is 4. The number of phenolic OH excluding ortho intramolecular Hbond substituents is 1. The number of fused-ring (bicyclic) bond motifs is 1. The zero-order valence-corrected chi connectivity index (χ0v) is 22.4. The van der Waals surface area contributed by atoms with Crippen molar-refractivity contribution >= 4 is 40.5 Å². The normalized spacial score (nSPS) is 13.9. The molecule has 4 amide bonds. The molecule has 41 heavy (non-hydrogen) atoms. The van der Waals surface area contributed by atoms with Crippen molar-refractivity contribution in [1.82, 2.24) is 20.9 Å². The number of hydrogen-bond acceptors (Lipinski definition) is 7. The zero-order chi connectivity index (χ0) is 30.1. The molecular weight excluding hydrogens is 532 g/mol. The van der Waals surface area contributed by atoms with Crippen LogP contribution in [0.5, 0.6) is 5.75 Å². The summed E-state index contributed by atoms with van der Waals surface area (Å²) in [5, 5.41) is 27.6. The minimum absolute atomic E-state index is 0.00128. The van der Waals surface area contributed by atoms with Crippen molar-refractivity contribution in [2.75, 3.05) is 0 Å². The molecule has 218 valence electrons. The summed E-state index contributed by atoms with van der Waals surface area (Å²) >= 11 is 0.